The number of aliphatic hydroxyl groups excluding tert-OH is 1. The molecule has 1 atom stereocenters. The van der Waals surface area contributed by atoms with Crippen LogP contribution < -0.4 is 14.8 Å². The average molecular weight is 582 g/mol. The van der Waals surface area contributed by atoms with Gasteiger partial charge in [-0.3, -0.25) is 4.55 Å². The molecule has 3 aromatic rings. The molecule has 3 aromatic carbocycles. The van der Waals surface area contributed by atoms with Gasteiger partial charge in [0.05, 0.1) is 18.1 Å². The second-order valence-electron chi connectivity index (χ2n) is 9.19. The SMILES string of the molecule is CC(C)NCCC(O)Oc1ccc(OCCOCCc2ccc(F)cc2)cc1F.Cc1ccc(S(=O)(=O)O)cc1. The molecule has 0 spiro atoms. The van der Waals surface area contributed by atoms with Crippen LogP contribution in [-0.2, 0) is 21.3 Å². The number of hydrogen-bond donors (Lipinski definition) is 3. The van der Waals surface area contributed by atoms with Crippen molar-refractivity contribution in [3.05, 3.63) is 89.5 Å². The molecule has 0 saturated carbocycles. The van der Waals surface area contributed by atoms with Gasteiger partial charge in [-0.2, -0.15) is 8.42 Å². The molecule has 1 unspecified atom stereocenters. The highest BCUT2D eigenvalue weighted by Crippen LogP contribution is 2.23. The Hall–Kier alpha value is -3.09. The number of halogens is 2. The fraction of sp³-hybridized carbons (Fsp3) is 0.379. The summed E-state index contributed by atoms with van der Waals surface area (Å²) < 4.78 is 72.7. The molecule has 0 radical (unpaired) electrons. The first kappa shape index (κ1) is 33.1. The Morgan fingerprint density at radius 2 is 1.60 bits per heavy atom. The number of aliphatic hydroxyl groups is 1. The lowest BCUT2D eigenvalue weighted by atomic mass is 10.2. The van der Waals surface area contributed by atoms with Crippen LogP contribution in [-0.4, -0.2) is 56.8 Å². The smallest absolute Gasteiger partial charge is 0.294 e. The Morgan fingerprint density at radius 1 is 0.925 bits per heavy atom. The van der Waals surface area contributed by atoms with E-state index in [1.165, 1.54) is 36.4 Å². The molecule has 220 valence electrons. The fourth-order valence-electron chi connectivity index (χ4n) is 3.24. The van der Waals surface area contributed by atoms with Crippen molar-refractivity contribution in [1.29, 1.82) is 0 Å². The first-order chi connectivity index (χ1) is 18.9. The second kappa shape index (κ2) is 16.9. The Labute approximate surface area is 234 Å². The summed E-state index contributed by atoms with van der Waals surface area (Å²) in [6.07, 6.45) is -0.0572. The standard InChI is InChI=1S/C22H29F2NO4.C7H8O3S/c1-16(2)25-11-9-22(26)29-21-8-7-19(15-20(21)24)28-14-13-27-12-10-17-3-5-18(23)6-4-17;1-6-2-4-7(5-3-6)11(8,9)10/h3-8,15-16,22,25-26H,9-14H2,1-2H3;2-5H,1H3,(H,8,9,10). The van der Waals surface area contributed by atoms with Crippen molar-refractivity contribution >= 4 is 10.1 Å². The number of nitrogens with one attached hydrogen (secondary N) is 1. The lowest BCUT2D eigenvalue weighted by Crippen LogP contribution is -2.28. The van der Waals surface area contributed by atoms with Gasteiger partial charge >= 0.3 is 0 Å². The third kappa shape index (κ3) is 13.3. The van der Waals surface area contributed by atoms with Crippen LogP contribution in [0.25, 0.3) is 0 Å². The van der Waals surface area contributed by atoms with Crippen molar-refractivity contribution < 1.29 is 41.1 Å². The summed E-state index contributed by atoms with van der Waals surface area (Å²) in [5.74, 6) is -0.530. The highest BCUT2D eigenvalue weighted by molar-refractivity contribution is 7.85. The van der Waals surface area contributed by atoms with E-state index in [9.17, 15) is 22.3 Å². The Bertz CT molecular complexity index is 1250. The van der Waals surface area contributed by atoms with Gasteiger partial charge in [0.2, 0.25) is 0 Å². The molecule has 3 N–H and O–H groups in total. The third-order valence-electron chi connectivity index (χ3n) is 5.37. The maximum absolute atomic E-state index is 14.1. The third-order valence-corrected chi connectivity index (χ3v) is 6.24. The Morgan fingerprint density at radius 3 is 2.20 bits per heavy atom. The van der Waals surface area contributed by atoms with E-state index in [0.717, 1.165) is 11.1 Å². The van der Waals surface area contributed by atoms with Crippen molar-refractivity contribution in [2.24, 2.45) is 0 Å². The zero-order valence-electron chi connectivity index (χ0n) is 22.8. The zero-order chi connectivity index (χ0) is 29.5. The van der Waals surface area contributed by atoms with Gasteiger partial charge in [0.25, 0.3) is 10.1 Å². The zero-order valence-corrected chi connectivity index (χ0v) is 23.7. The van der Waals surface area contributed by atoms with E-state index in [4.69, 9.17) is 18.8 Å². The van der Waals surface area contributed by atoms with E-state index < -0.39 is 22.2 Å². The van der Waals surface area contributed by atoms with Gasteiger partial charge in [-0.05, 0) is 55.3 Å². The van der Waals surface area contributed by atoms with Gasteiger partial charge in [0, 0.05) is 25.1 Å². The minimum atomic E-state index is -4.02. The summed E-state index contributed by atoms with van der Waals surface area (Å²) in [4.78, 5) is -0.0666. The molecule has 40 heavy (non-hydrogen) atoms. The molecular weight excluding hydrogens is 544 g/mol. The predicted octanol–water partition coefficient (Wildman–Crippen LogP) is 4.93. The molecule has 0 aliphatic rings. The van der Waals surface area contributed by atoms with E-state index in [1.54, 1.807) is 30.3 Å². The monoisotopic (exact) mass is 581 g/mol. The molecule has 0 bridgehead atoms. The molecule has 8 nitrogen and oxygen atoms in total. The van der Waals surface area contributed by atoms with Crippen LogP contribution in [0.3, 0.4) is 0 Å². The van der Waals surface area contributed by atoms with E-state index in [2.05, 4.69) is 5.32 Å². The van der Waals surface area contributed by atoms with Gasteiger partial charge < -0.3 is 24.6 Å². The number of benzene rings is 3. The summed E-state index contributed by atoms with van der Waals surface area (Å²) in [6.45, 7) is 7.52. The molecular formula is C29H37F2NO7S. The van der Waals surface area contributed by atoms with E-state index in [0.29, 0.717) is 44.4 Å². The predicted molar refractivity (Wildman–Crippen MR) is 148 cm³/mol. The largest absolute Gasteiger partial charge is 0.491 e. The van der Waals surface area contributed by atoms with Crippen molar-refractivity contribution in [3.63, 3.8) is 0 Å². The summed E-state index contributed by atoms with van der Waals surface area (Å²) in [5, 5.41) is 13.0. The van der Waals surface area contributed by atoms with E-state index in [1.807, 2.05) is 20.8 Å². The maximum Gasteiger partial charge on any atom is 0.294 e. The Balaban J connectivity index is 0.000000425. The van der Waals surface area contributed by atoms with Gasteiger partial charge in [0.1, 0.15) is 18.2 Å². The van der Waals surface area contributed by atoms with Crippen LogP contribution in [0.15, 0.2) is 71.6 Å². The van der Waals surface area contributed by atoms with E-state index >= 15 is 0 Å². The lowest BCUT2D eigenvalue weighted by molar-refractivity contribution is -0.0251. The number of rotatable bonds is 14. The molecule has 3 rings (SSSR count). The van der Waals surface area contributed by atoms with Crippen LogP contribution >= 0.6 is 0 Å². The highest BCUT2D eigenvalue weighted by atomic mass is 32.2. The first-order valence-electron chi connectivity index (χ1n) is 12.8. The molecule has 0 heterocycles. The van der Waals surface area contributed by atoms with Crippen LogP contribution in [0.5, 0.6) is 11.5 Å². The summed E-state index contributed by atoms with van der Waals surface area (Å²) in [5.41, 5.74) is 1.95. The van der Waals surface area contributed by atoms with Crippen molar-refractivity contribution in [3.8, 4) is 11.5 Å². The van der Waals surface area contributed by atoms with E-state index in [-0.39, 0.29) is 23.1 Å². The van der Waals surface area contributed by atoms with Crippen molar-refractivity contribution in [1.82, 2.24) is 5.32 Å². The maximum atomic E-state index is 14.1. The minimum absolute atomic E-state index is 0.0232. The van der Waals surface area contributed by atoms with Crippen LogP contribution in [0.2, 0.25) is 0 Å². The topological polar surface area (TPSA) is 114 Å². The number of ether oxygens (including phenoxy) is 3. The van der Waals surface area contributed by atoms with Crippen LogP contribution in [0.4, 0.5) is 8.78 Å². The summed E-state index contributed by atoms with van der Waals surface area (Å²) in [7, 11) is -4.02. The van der Waals surface area contributed by atoms with Crippen LogP contribution in [0.1, 0.15) is 31.4 Å². The summed E-state index contributed by atoms with van der Waals surface area (Å²) >= 11 is 0. The number of hydrogen-bond acceptors (Lipinski definition) is 7. The van der Waals surface area contributed by atoms with Gasteiger partial charge in [0.15, 0.2) is 17.9 Å². The van der Waals surface area contributed by atoms with Gasteiger partial charge in [-0.25, -0.2) is 8.78 Å². The molecule has 11 heteroatoms. The Kier molecular flexibility index (Phi) is 14.0. The molecule has 0 fully saturated rings. The van der Waals surface area contributed by atoms with Gasteiger partial charge in [-0.1, -0.05) is 43.7 Å². The average Bonchev–Trinajstić information content (AvgIpc) is 2.88. The van der Waals surface area contributed by atoms with Crippen molar-refractivity contribution in [2.45, 2.75) is 50.8 Å². The van der Waals surface area contributed by atoms with Gasteiger partial charge in [-0.15, -0.1) is 0 Å². The van der Waals surface area contributed by atoms with Crippen molar-refractivity contribution in [2.75, 3.05) is 26.4 Å². The first-order valence-corrected chi connectivity index (χ1v) is 14.2. The quantitative estimate of drug-likeness (QED) is 0.140. The summed E-state index contributed by atoms with van der Waals surface area (Å²) in [6, 6.07) is 16.8. The molecule has 0 saturated heterocycles. The molecule has 0 aliphatic carbocycles. The lowest BCUT2D eigenvalue weighted by Gasteiger charge is -2.16. The molecule has 0 amide bonds. The minimum Gasteiger partial charge on any atom is -0.491 e. The fourth-order valence-corrected chi connectivity index (χ4v) is 3.72. The molecule has 0 aromatic heterocycles. The normalized spacial score (nSPS) is 12.0. The number of aryl methyl sites for hydroxylation is 1. The second-order valence-corrected chi connectivity index (χ2v) is 10.6. The van der Waals surface area contributed by atoms with Crippen LogP contribution in [0, 0.1) is 18.6 Å². The molecule has 0 aliphatic heterocycles. The highest BCUT2D eigenvalue weighted by Gasteiger charge is 2.11.